The Labute approximate surface area is 185 Å². The van der Waals surface area contributed by atoms with Crippen molar-refractivity contribution in [1.29, 1.82) is 0 Å². The quantitative estimate of drug-likeness (QED) is 0.473. The summed E-state index contributed by atoms with van der Waals surface area (Å²) in [6.45, 7) is 2.35. The fourth-order valence-electron chi connectivity index (χ4n) is 3.66. The van der Waals surface area contributed by atoms with Gasteiger partial charge in [-0.25, -0.2) is 8.42 Å². The zero-order valence-corrected chi connectivity index (χ0v) is 18.7. The molecule has 4 rings (SSSR count). The predicted molar refractivity (Wildman–Crippen MR) is 117 cm³/mol. The molecule has 1 aliphatic heterocycles. The molecule has 3 aromatic rings. The van der Waals surface area contributed by atoms with Gasteiger partial charge in [-0.05, 0) is 37.6 Å². The third kappa shape index (κ3) is 4.16. The molecule has 2 atom stereocenters. The number of sulfonamides is 1. The van der Waals surface area contributed by atoms with E-state index in [-0.39, 0.29) is 24.7 Å². The molecule has 12 heteroatoms. The van der Waals surface area contributed by atoms with E-state index >= 15 is 0 Å². The van der Waals surface area contributed by atoms with Crippen molar-refractivity contribution >= 4 is 16.0 Å². The number of methoxy groups -OCH3 is 2. The average Bonchev–Trinajstić information content (AvgIpc) is 3.38. The molecule has 0 spiro atoms. The summed E-state index contributed by atoms with van der Waals surface area (Å²) in [5.74, 6) is 2.10. The van der Waals surface area contributed by atoms with Gasteiger partial charge in [0.25, 0.3) is 0 Å². The molecule has 2 aromatic heterocycles. The van der Waals surface area contributed by atoms with Crippen LogP contribution in [-0.4, -0.2) is 67.0 Å². The minimum absolute atomic E-state index is 0.0584. The van der Waals surface area contributed by atoms with Crippen LogP contribution in [-0.2, 0) is 10.0 Å². The van der Waals surface area contributed by atoms with Gasteiger partial charge in [0.15, 0.2) is 5.76 Å². The zero-order chi connectivity index (χ0) is 22.9. The van der Waals surface area contributed by atoms with E-state index in [1.807, 2.05) is 0 Å². The molecule has 0 saturated carbocycles. The summed E-state index contributed by atoms with van der Waals surface area (Å²) in [6, 6.07) is 8.68. The van der Waals surface area contributed by atoms with E-state index < -0.39 is 21.4 Å². The van der Waals surface area contributed by atoms with Crippen LogP contribution in [0.1, 0.15) is 12.2 Å². The number of aliphatic hydroxyl groups is 1. The monoisotopic (exact) mass is 463 g/mol. The largest absolute Gasteiger partial charge is 0.494 e. The summed E-state index contributed by atoms with van der Waals surface area (Å²) in [7, 11) is -0.914. The van der Waals surface area contributed by atoms with Gasteiger partial charge in [-0.1, -0.05) is 6.07 Å². The molecule has 11 nitrogen and oxygen atoms in total. The van der Waals surface area contributed by atoms with Crippen molar-refractivity contribution in [2.75, 3.05) is 32.0 Å². The maximum atomic E-state index is 13.1. The Bertz CT molecular complexity index is 1180. The summed E-state index contributed by atoms with van der Waals surface area (Å²) in [5, 5.41) is 20.3. The first-order valence-electron chi connectivity index (χ1n) is 9.98. The van der Waals surface area contributed by atoms with Crippen LogP contribution >= 0.6 is 0 Å². The summed E-state index contributed by atoms with van der Waals surface area (Å²) >= 11 is 0. The van der Waals surface area contributed by atoms with Gasteiger partial charge in [0.05, 0.1) is 25.6 Å². The lowest BCUT2D eigenvalue weighted by Crippen LogP contribution is -2.47. The zero-order valence-electron chi connectivity index (χ0n) is 17.9. The minimum Gasteiger partial charge on any atom is -0.494 e. The summed E-state index contributed by atoms with van der Waals surface area (Å²) < 4.78 is 47.0. The third-order valence-corrected chi connectivity index (χ3v) is 6.91. The topological polar surface area (TPSA) is 141 Å². The van der Waals surface area contributed by atoms with E-state index in [4.69, 9.17) is 13.9 Å². The lowest BCUT2D eigenvalue weighted by atomic mass is 10.1. The van der Waals surface area contributed by atoms with Gasteiger partial charge >= 0.3 is 0 Å². The normalized spacial score (nSPS) is 19.0. The molecule has 32 heavy (non-hydrogen) atoms. The number of furan rings is 1. The molecular weight excluding hydrogens is 438 g/mol. The molecule has 1 aromatic carbocycles. The Kier molecular flexibility index (Phi) is 6.09. The minimum atomic E-state index is -3.91. The number of aliphatic hydroxyl groups excluding tert-OH is 1. The van der Waals surface area contributed by atoms with Crippen molar-refractivity contribution in [2.45, 2.75) is 24.7 Å². The van der Waals surface area contributed by atoms with Crippen molar-refractivity contribution in [2.24, 2.45) is 0 Å². The van der Waals surface area contributed by atoms with E-state index in [0.29, 0.717) is 35.3 Å². The predicted octanol–water partition coefficient (Wildman–Crippen LogP) is 1.32. The Hall–Kier alpha value is -3.09. The number of aryl methyl sites for hydroxylation is 1. The number of rotatable bonds is 7. The van der Waals surface area contributed by atoms with E-state index in [0.717, 1.165) is 0 Å². The van der Waals surface area contributed by atoms with Crippen molar-refractivity contribution in [3.63, 3.8) is 0 Å². The van der Waals surface area contributed by atoms with Crippen molar-refractivity contribution < 1.29 is 27.4 Å². The van der Waals surface area contributed by atoms with Gasteiger partial charge in [-0.2, -0.15) is 0 Å². The first-order chi connectivity index (χ1) is 15.3. The van der Waals surface area contributed by atoms with Gasteiger partial charge in [-0.15, -0.1) is 10.2 Å². The Morgan fingerprint density at radius 3 is 2.47 bits per heavy atom. The van der Waals surface area contributed by atoms with Gasteiger partial charge in [-0.3, -0.25) is 9.29 Å². The molecule has 0 bridgehead atoms. The van der Waals surface area contributed by atoms with Gasteiger partial charge in [0.1, 0.15) is 22.9 Å². The molecule has 1 saturated heterocycles. The molecule has 0 aliphatic carbocycles. The number of ether oxygens (including phenoxy) is 2. The third-order valence-electron chi connectivity index (χ3n) is 5.21. The van der Waals surface area contributed by atoms with Crippen LogP contribution in [0, 0.1) is 6.92 Å². The molecule has 3 N–H and O–H groups in total. The number of nitrogens with one attached hydrogen (secondary N) is 2. The molecule has 0 amide bonds. The van der Waals surface area contributed by atoms with Crippen molar-refractivity contribution in [3.05, 3.63) is 36.1 Å². The van der Waals surface area contributed by atoms with E-state index in [1.165, 1.54) is 18.8 Å². The second-order valence-electron chi connectivity index (χ2n) is 7.42. The molecular formula is C20H25N5O6S. The van der Waals surface area contributed by atoms with E-state index in [2.05, 4.69) is 20.2 Å². The highest BCUT2D eigenvalue weighted by molar-refractivity contribution is 7.93. The number of hydrogen-bond donors (Lipinski definition) is 3. The molecule has 3 heterocycles. The van der Waals surface area contributed by atoms with Crippen LogP contribution in [0.4, 0.5) is 5.95 Å². The summed E-state index contributed by atoms with van der Waals surface area (Å²) in [6.07, 6.45) is -0.641. The lowest BCUT2D eigenvalue weighted by Gasteiger charge is -2.27. The fourth-order valence-corrected chi connectivity index (χ4v) is 5.02. The lowest BCUT2D eigenvalue weighted by molar-refractivity contribution is 0.143. The van der Waals surface area contributed by atoms with Gasteiger partial charge < -0.3 is 24.3 Å². The molecule has 0 radical (unpaired) electrons. The Morgan fingerprint density at radius 1 is 1.16 bits per heavy atom. The number of β-amino-alcohol motifs (C(OH)–C–C–N with tert-alkyl or cyclic N) is 1. The van der Waals surface area contributed by atoms with Crippen LogP contribution < -0.4 is 19.5 Å². The highest BCUT2D eigenvalue weighted by Gasteiger charge is 2.33. The highest BCUT2D eigenvalue weighted by Crippen LogP contribution is 2.38. The van der Waals surface area contributed by atoms with Crippen molar-refractivity contribution in [1.82, 2.24) is 20.1 Å². The molecule has 1 aliphatic rings. The van der Waals surface area contributed by atoms with Gasteiger partial charge in [0, 0.05) is 13.1 Å². The number of aromatic nitrogens is 3. The van der Waals surface area contributed by atoms with Crippen LogP contribution in [0.3, 0.4) is 0 Å². The molecule has 1 fully saturated rings. The van der Waals surface area contributed by atoms with E-state index in [9.17, 15) is 13.5 Å². The van der Waals surface area contributed by atoms with Crippen LogP contribution in [0.15, 0.2) is 34.7 Å². The number of nitrogens with zero attached hydrogens (tertiary/aromatic N) is 3. The number of hydrogen-bond acceptors (Lipinski definition) is 9. The summed E-state index contributed by atoms with van der Waals surface area (Å²) in [4.78, 5) is 0. The van der Waals surface area contributed by atoms with E-state index in [1.54, 1.807) is 37.3 Å². The number of para-hydroxylation sites is 1. The number of benzene rings is 1. The SMILES string of the molecule is COc1cccc(OC)c1-n1c(NS(=O)(=O)[C@@H]2CNC[C@H](O)C2)nnc1-c1ccc(C)o1. The fraction of sp³-hybridized carbons (Fsp3) is 0.400. The Balaban J connectivity index is 1.86. The maximum absolute atomic E-state index is 13.1. The summed E-state index contributed by atoms with van der Waals surface area (Å²) in [5.41, 5.74) is 0.408. The Morgan fingerprint density at radius 2 is 1.88 bits per heavy atom. The van der Waals surface area contributed by atoms with Crippen LogP contribution in [0.5, 0.6) is 11.5 Å². The number of anilines is 1. The molecule has 0 unspecified atom stereocenters. The number of piperidine rings is 1. The first kappa shape index (κ1) is 22.1. The van der Waals surface area contributed by atoms with Gasteiger partial charge in [0.2, 0.25) is 21.8 Å². The second kappa shape index (κ2) is 8.81. The second-order valence-corrected chi connectivity index (χ2v) is 9.38. The highest BCUT2D eigenvalue weighted by atomic mass is 32.2. The molecule has 172 valence electrons. The standard InChI is InChI=1S/C20H25N5O6S/c1-12-7-8-17(31-12)19-22-23-20(24-32(27,28)14-9-13(26)10-21-11-14)25(19)18-15(29-2)5-4-6-16(18)30-3/h4-8,13-14,21,26H,9-11H2,1-3H3,(H,23,24)/t13-,14+/m1/s1. The smallest absolute Gasteiger partial charge is 0.243 e. The van der Waals surface area contributed by atoms with Crippen LogP contribution in [0.2, 0.25) is 0 Å². The first-order valence-corrected chi connectivity index (χ1v) is 11.5. The van der Waals surface area contributed by atoms with Crippen LogP contribution in [0.25, 0.3) is 17.3 Å². The maximum Gasteiger partial charge on any atom is 0.243 e. The average molecular weight is 464 g/mol. The van der Waals surface area contributed by atoms with Crippen molar-refractivity contribution in [3.8, 4) is 28.8 Å².